The molecule has 0 saturated carbocycles. The van der Waals surface area contributed by atoms with Crippen LogP contribution in [0.1, 0.15) is 36.5 Å². The minimum Gasteiger partial charge on any atom is -0.367 e. The van der Waals surface area contributed by atoms with E-state index in [1.165, 1.54) is 16.6 Å². The maximum Gasteiger partial charge on any atom is 0.416 e. The third-order valence-electron chi connectivity index (χ3n) is 8.37. The highest BCUT2D eigenvalue weighted by Crippen LogP contribution is 2.51. The lowest BCUT2D eigenvalue weighted by Crippen LogP contribution is -2.62. The predicted molar refractivity (Wildman–Crippen MR) is 144 cm³/mol. The number of hydrazone groups is 1. The summed E-state index contributed by atoms with van der Waals surface area (Å²) in [6.45, 7) is 2.51. The van der Waals surface area contributed by atoms with E-state index in [0.29, 0.717) is 34.4 Å². The van der Waals surface area contributed by atoms with Crippen LogP contribution in [0, 0.1) is 11.3 Å². The Morgan fingerprint density at radius 2 is 1.79 bits per heavy atom. The summed E-state index contributed by atoms with van der Waals surface area (Å²) in [5, 5.41) is 6.65. The van der Waals surface area contributed by atoms with Crippen LogP contribution in [-0.4, -0.2) is 24.2 Å². The van der Waals surface area contributed by atoms with E-state index in [0.717, 1.165) is 31.0 Å². The van der Waals surface area contributed by atoms with Crippen LogP contribution in [0.4, 0.5) is 24.5 Å². The van der Waals surface area contributed by atoms with Gasteiger partial charge in [0.25, 0.3) is 5.91 Å². The number of alkyl halides is 3. The molecule has 0 radical (unpaired) electrons. The Morgan fingerprint density at radius 3 is 2.50 bits per heavy atom. The van der Waals surface area contributed by atoms with Crippen molar-refractivity contribution in [1.82, 2.24) is 0 Å². The molecule has 0 aromatic heterocycles. The molecule has 1 saturated heterocycles. The Morgan fingerprint density at radius 1 is 1.05 bits per heavy atom. The molecule has 3 heterocycles. The molecule has 3 aromatic rings. The number of carbonyl (C=O) groups is 1. The van der Waals surface area contributed by atoms with Crippen molar-refractivity contribution in [3.8, 4) is 0 Å². The molecule has 0 N–H and O–H groups in total. The third-order valence-corrected chi connectivity index (χ3v) is 8.63. The standard InChI is InChI=1S/C30H27ClF3N3O/c1-19-29(28(38)37(35-19)25-10-8-24(31)9-11-25)18-22-17-23(30(32,33)34)7-12-26(22)36-14-13-21(16-27(29)36)15-20-5-3-2-4-6-20/h2-12,17,21,27H,13-16,18H2,1H3/t21-,27-,29+/m0/s1. The zero-order valence-electron chi connectivity index (χ0n) is 20.9. The number of fused-ring (bicyclic) bond motifs is 4. The van der Waals surface area contributed by atoms with Gasteiger partial charge in [0.05, 0.1) is 17.0 Å². The van der Waals surface area contributed by atoms with Crippen LogP contribution >= 0.6 is 11.6 Å². The van der Waals surface area contributed by atoms with E-state index in [1.807, 2.05) is 25.1 Å². The van der Waals surface area contributed by atoms with Crippen molar-refractivity contribution in [3.05, 3.63) is 94.5 Å². The lowest BCUT2D eigenvalue weighted by molar-refractivity contribution is -0.137. The first-order valence-electron chi connectivity index (χ1n) is 12.8. The van der Waals surface area contributed by atoms with Crippen LogP contribution < -0.4 is 9.91 Å². The van der Waals surface area contributed by atoms with Gasteiger partial charge in [-0.1, -0.05) is 41.9 Å². The molecule has 8 heteroatoms. The number of anilines is 2. The van der Waals surface area contributed by atoms with E-state index < -0.39 is 17.2 Å². The number of hydrogen-bond donors (Lipinski definition) is 0. The summed E-state index contributed by atoms with van der Waals surface area (Å²) < 4.78 is 41.0. The number of nitrogens with zero attached hydrogens (tertiary/aromatic N) is 3. The number of benzene rings is 3. The SMILES string of the molecule is CC1=NN(c2ccc(Cl)cc2)C(=O)[C@]12Cc1cc(C(F)(F)F)ccc1N1CC[C@@H](Cc3ccccc3)C[C@H]12. The molecule has 196 valence electrons. The van der Waals surface area contributed by atoms with Crippen molar-refractivity contribution in [2.24, 2.45) is 16.4 Å². The molecule has 3 aromatic carbocycles. The normalized spacial score (nSPS) is 24.9. The third kappa shape index (κ3) is 4.08. The molecule has 3 atom stereocenters. The largest absolute Gasteiger partial charge is 0.416 e. The van der Waals surface area contributed by atoms with E-state index in [9.17, 15) is 18.0 Å². The predicted octanol–water partition coefficient (Wildman–Crippen LogP) is 7.15. The van der Waals surface area contributed by atoms with Crippen molar-refractivity contribution in [2.45, 2.75) is 44.8 Å². The van der Waals surface area contributed by atoms with Gasteiger partial charge in [0.1, 0.15) is 5.41 Å². The van der Waals surface area contributed by atoms with E-state index >= 15 is 0 Å². The number of carbonyl (C=O) groups excluding carboxylic acids is 1. The summed E-state index contributed by atoms with van der Waals surface area (Å²) in [6, 6.07) is 20.9. The number of halogens is 4. The summed E-state index contributed by atoms with van der Waals surface area (Å²) in [7, 11) is 0. The van der Waals surface area contributed by atoms with Gasteiger partial charge in [0, 0.05) is 23.3 Å². The van der Waals surface area contributed by atoms with Crippen molar-refractivity contribution in [2.75, 3.05) is 16.5 Å². The van der Waals surface area contributed by atoms with Gasteiger partial charge in [0.2, 0.25) is 0 Å². The highest BCUT2D eigenvalue weighted by atomic mass is 35.5. The average Bonchev–Trinajstić information content (AvgIpc) is 3.14. The van der Waals surface area contributed by atoms with Gasteiger partial charge in [-0.25, -0.2) is 0 Å². The molecular formula is C30H27ClF3N3O. The van der Waals surface area contributed by atoms with Crippen molar-refractivity contribution in [1.29, 1.82) is 0 Å². The Labute approximate surface area is 224 Å². The highest BCUT2D eigenvalue weighted by Gasteiger charge is 2.60. The number of amides is 1. The number of rotatable bonds is 3. The fourth-order valence-electron chi connectivity index (χ4n) is 6.50. The molecule has 1 fully saturated rings. The topological polar surface area (TPSA) is 35.9 Å². The number of piperidine rings is 1. The van der Waals surface area contributed by atoms with Gasteiger partial charge < -0.3 is 4.90 Å². The molecule has 0 aliphatic carbocycles. The zero-order valence-corrected chi connectivity index (χ0v) is 21.6. The maximum absolute atomic E-state index is 14.3. The van der Waals surface area contributed by atoms with Gasteiger partial charge in [-0.05, 0) is 92.1 Å². The van der Waals surface area contributed by atoms with Crippen molar-refractivity contribution >= 4 is 34.6 Å². The molecule has 4 nitrogen and oxygen atoms in total. The van der Waals surface area contributed by atoms with E-state index in [4.69, 9.17) is 16.7 Å². The first-order chi connectivity index (χ1) is 18.2. The Kier molecular flexibility index (Phi) is 6.02. The van der Waals surface area contributed by atoms with E-state index in [1.54, 1.807) is 30.3 Å². The van der Waals surface area contributed by atoms with E-state index in [-0.39, 0.29) is 18.4 Å². The maximum atomic E-state index is 14.3. The van der Waals surface area contributed by atoms with Gasteiger partial charge >= 0.3 is 6.18 Å². The lowest BCUT2D eigenvalue weighted by Gasteiger charge is -2.52. The van der Waals surface area contributed by atoms with Crippen LogP contribution in [0.15, 0.2) is 77.9 Å². The van der Waals surface area contributed by atoms with Crippen molar-refractivity contribution < 1.29 is 18.0 Å². The molecule has 1 spiro atoms. The fourth-order valence-corrected chi connectivity index (χ4v) is 6.63. The van der Waals surface area contributed by atoms with Crippen LogP contribution in [0.25, 0.3) is 0 Å². The molecule has 3 aliphatic heterocycles. The van der Waals surface area contributed by atoms with Crippen LogP contribution in [-0.2, 0) is 23.8 Å². The second kappa shape index (κ2) is 9.16. The minimum atomic E-state index is -4.46. The quantitative estimate of drug-likeness (QED) is 0.355. The van der Waals surface area contributed by atoms with Gasteiger partial charge in [-0.2, -0.15) is 23.3 Å². The zero-order chi connectivity index (χ0) is 26.7. The monoisotopic (exact) mass is 537 g/mol. The summed E-state index contributed by atoms with van der Waals surface area (Å²) in [6.07, 6.45) is -1.73. The fraction of sp³-hybridized carbons (Fsp3) is 0.333. The smallest absolute Gasteiger partial charge is 0.367 e. The molecule has 38 heavy (non-hydrogen) atoms. The Hall–Kier alpha value is -3.32. The summed E-state index contributed by atoms with van der Waals surface area (Å²) in [5.41, 5.74) is 2.06. The Balaban J connectivity index is 1.43. The summed E-state index contributed by atoms with van der Waals surface area (Å²) in [5.74, 6) is 0.146. The first-order valence-corrected chi connectivity index (χ1v) is 13.2. The van der Waals surface area contributed by atoms with Gasteiger partial charge in [-0.15, -0.1) is 0 Å². The summed E-state index contributed by atoms with van der Waals surface area (Å²) in [4.78, 5) is 16.5. The number of hydrogen-bond acceptors (Lipinski definition) is 3. The average molecular weight is 538 g/mol. The van der Waals surface area contributed by atoms with Crippen molar-refractivity contribution in [3.63, 3.8) is 0 Å². The van der Waals surface area contributed by atoms with Crippen LogP contribution in [0.5, 0.6) is 0 Å². The first kappa shape index (κ1) is 25.0. The molecular weight excluding hydrogens is 511 g/mol. The molecule has 0 unspecified atom stereocenters. The Bertz CT molecular complexity index is 1410. The molecule has 3 aliphatic rings. The second-order valence-electron chi connectivity index (χ2n) is 10.6. The van der Waals surface area contributed by atoms with E-state index in [2.05, 4.69) is 17.0 Å². The van der Waals surface area contributed by atoms with Crippen LogP contribution in [0.3, 0.4) is 0 Å². The minimum absolute atomic E-state index is 0.184. The summed E-state index contributed by atoms with van der Waals surface area (Å²) >= 11 is 6.07. The second-order valence-corrected chi connectivity index (χ2v) is 11.0. The van der Waals surface area contributed by atoms with Gasteiger partial charge in [0.15, 0.2) is 0 Å². The lowest BCUT2D eigenvalue weighted by atomic mass is 9.63. The molecule has 1 amide bonds. The van der Waals surface area contributed by atoms with Gasteiger partial charge in [-0.3, -0.25) is 4.79 Å². The molecule has 6 rings (SSSR count). The molecule has 0 bridgehead atoms. The highest BCUT2D eigenvalue weighted by molar-refractivity contribution is 6.30. The van der Waals surface area contributed by atoms with Crippen LogP contribution in [0.2, 0.25) is 5.02 Å².